The summed E-state index contributed by atoms with van der Waals surface area (Å²) < 4.78 is 1.61. The van der Waals surface area contributed by atoms with Crippen LogP contribution in [0.1, 0.15) is 0 Å². The van der Waals surface area contributed by atoms with Gasteiger partial charge in [-0.05, 0) is 24.3 Å². The van der Waals surface area contributed by atoms with Gasteiger partial charge in [-0.1, -0.05) is 23.7 Å². The predicted octanol–water partition coefficient (Wildman–Crippen LogP) is 3.50. The maximum absolute atomic E-state index is 10.9. The van der Waals surface area contributed by atoms with E-state index in [1.807, 2.05) is 0 Å². The van der Waals surface area contributed by atoms with E-state index in [0.29, 0.717) is 16.4 Å². The molecule has 104 valence electrons. The van der Waals surface area contributed by atoms with Crippen molar-refractivity contribution < 1.29 is 4.92 Å². The van der Waals surface area contributed by atoms with E-state index >= 15 is 0 Å². The van der Waals surface area contributed by atoms with Crippen LogP contribution < -0.4 is 0 Å². The number of nitro groups is 1. The first-order chi connectivity index (χ1) is 10.1. The topological polar surface area (TPSA) is 73.8 Å². The van der Waals surface area contributed by atoms with E-state index in [4.69, 9.17) is 11.6 Å². The van der Waals surface area contributed by atoms with Crippen LogP contribution in [0.2, 0.25) is 5.02 Å². The number of nitro benzene ring substituents is 1. The standard InChI is InChI=1S/C14H9ClN4O2/c15-11-4-6-12(7-5-11)18-14(16-9-17-18)10-2-1-3-13(8-10)19(20)21/h1-9H. The first kappa shape index (κ1) is 13.3. The molecule has 0 aliphatic rings. The number of hydrogen-bond acceptors (Lipinski definition) is 4. The van der Waals surface area contributed by atoms with Gasteiger partial charge in [0.1, 0.15) is 6.33 Å². The number of benzene rings is 2. The summed E-state index contributed by atoms with van der Waals surface area (Å²) in [4.78, 5) is 14.6. The summed E-state index contributed by atoms with van der Waals surface area (Å²) in [6.45, 7) is 0. The highest BCUT2D eigenvalue weighted by Gasteiger charge is 2.13. The lowest BCUT2D eigenvalue weighted by molar-refractivity contribution is -0.384. The molecule has 2 aromatic carbocycles. The third kappa shape index (κ3) is 2.61. The van der Waals surface area contributed by atoms with E-state index in [1.165, 1.54) is 18.5 Å². The Balaban J connectivity index is 2.08. The summed E-state index contributed by atoms with van der Waals surface area (Å²) in [6.07, 6.45) is 1.41. The average molecular weight is 301 g/mol. The molecule has 0 unspecified atom stereocenters. The normalized spacial score (nSPS) is 10.5. The lowest BCUT2D eigenvalue weighted by Crippen LogP contribution is -1.99. The lowest BCUT2D eigenvalue weighted by Gasteiger charge is -2.06. The summed E-state index contributed by atoms with van der Waals surface area (Å²) in [5, 5.41) is 15.6. The monoisotopic (exact) mass is 300 g/mol. The summed E-state index contributed by atoms with van der Waals surface area (Å²) in [7, 11) is 0. The third-order valence-corrected chi connectivity index (χ3v) is 3.19. The van der Waals surface area contributed by atoms with E-state index in [9.17, 15) is 10.1 Å². The Morgan fingerprint density at radius 2 is 1.90 bits per heavy atom. The van der Waals surface area contributed by atoms with E-state index in [-0.39, 0.29) is 5.69 Å². The molecule has 0 radical (unpaired) electrons. The smallest absolute Gasteiger partial charge is 0.258 e. The second-order valence-corrected chi connectivity index (χ2v) is 4.72. The van der Waals surface area contributed by atoms with Gasteiger partial charge in [0, 0.05) is 22.7 Å². The van der Waals surface area contributed by atoms with Gasteiger partial charge in [0.15, 0.2) is 5.82 Å². The zero-order chi connectivity index (χ0) is 14.8. The second kappa shape index (κ2) is 5.34. The highest BCUT2D eigenvalue weighted by atomic mass is 35.5. The molecule has 0 atom stereocenters. The largest absolute Gasteiger partial charge is 0.270 e. The molecule has 3 rings (SSSR count). The Bertz CT molecular complexity index is 799. The van der Waals surface area contributed by atoms with Crippen LogP contribution in [0, 0.1) is 10.1 Å². The number of nitrogens with zero attached hydrogens (tertiary/aromatic N) is 4. The van der Waals surface area contributed by atoms with Gasteiger partial charge in [0.25, 0.3) is 5.69 Å². The van der Waals surface area contributed by atoms with Crippen LogP contribution in [0.25, 0.3) is 17.1 Å². The number of aromatic nitrogens is 3. The Labute approximate surface area is 124 Å². The molecule has 0 bridgehead atoms. The summed E-state index contributed by atoms with van der Waals surface area (Å²) >= 11 is 5.87. The first-order valence-corrected chi connectivity index (χ1v) is 6.44. The molecule has 6 nitrogen and oxygen atoms in total. The maximum atomic E-state index is 10.9. The molecular formula is C14H9ClN4O2. The Hall–Kier alpha value is -2.73. The molecule has 21 heavy (non-hydrogen) atoms. The molecule has 1 heterocycles. The van der Waals surface area contributed by atoms with Gasteiger partial charge in [-0.25, -0.2) is 9.67 Å². The minimum atomic E-state index is -0.438. The number of non-ortho nitro benzene ring substituents is 1. The molecule has 0 N–H and O–H groups in total. The maximum Gasteiger partial charge on any atom is 0.270 e. The molecule has 0 saturated heterocycles. The molecule has 0 aliphatic carbocycles. The van der Waals surface area contributed by atoms with E-state index in [1.54, 1.807) is 41.1 Å². The fourth-order valence-corrected chi connectivity index (χ4v) is 2.09. The Morgan fingerprint density at radius 1 is 1.14 bits per heavy atom. The zero-order valence-electron chi connectivity index (χ0n) is 10.7. The first-order valence-electron chi connectivity index (χ1n) is 6.06. The predicted molar refractivity (Wildman–Crippen MR) is 78.5 cm³/mol. The second-order valence-electron chi connectivity index (χ2n) is 4.28. The molecular weight excluding hydrogens is 292 g/mol. The summed E-state index contributed by atoms with van der Waals surface area (Å²) in [5.74, 6) is 0.529. The molecule has 0 fully saturated rings. The lowest BCUT2D eigenvalue weighted by atomic mass is 10.2. The van der Waals surface area contributed by atoms with E-state index < -0.39 is 4.92 Å². The van der Waals surface area contributed by atoms with Gasteiger partial charge in [-0.3, -0.25) is 10.1 Å². The van der Waals surface area contributed by atoms with Crippen LogP contribution in [0.5, 0.6) is 0 Å². The number of rotatable bonds is 3. The van der Waals surface area contributed by atoms with Crippen molar-refractivity contribution in [3.05, 3.63) is 70.0 Å². The van der Waals surface area contributed by atoms with Gasteiger partial charge in [0.05, 0.1) is 10.6 Å². The number of halogens is 1. The minimum Gasteiger partial charge on any atom is -0.258 e. The van der Waals surface area contributed by atoms with Crippen molar-refractivity contribution in [2.45, 2.75) is 0 Å². The fraction of sp³-hybridized carbons (Fsp3) is 0. The molecule has 0 saturated carbocycles. The number of hydrogen-bond donors (Lipinski definition) is 0. The molecule has 0 amide bonds. The van der Waals surface area contributed by atoms with Gasteiger partial charge in [-0.15, -0.1) is 0 Å². The van der Waals surface area contributed by atoms with Gasteiger partial charge < -0.3 is 0 Å². The quantitative estimate of drug-likeness (QED) is 0.548. The highest BCUT2D eigenvalue weighted by Crippen LogP contribution is 2.24. The van der Waals surface area contributed by atoms with Crippen molar-refractivity contribution in [3.8, 4) is 17.1 Å². The van der Waals surface area contributed by atoms with Crippen LogP contribution in [0.3, 0.4) is 0 Å². The zero-order valence-corrected chi connectivity index (χ0v) is 11.4. The van der Waals surface area contributed by atoms with Gasteiger partial charge in [0.2, 0.25) is 0 Å². The van der Waals surface area contributed by atoms with Crippen LogP contribution in [0.4, 0.5) is 5.69 Å². The Kier molecular flexibility index (Phi) is 3.37. The van der Waals surface area contributed by atoms with Crippen LogP contribution >= 0.6 is 11.6 Å². The van der Waals surface area contributed by atoms with Crippen molar-refractivity contribution in [1.29, 1.82) is 0 Å². The summed E-state index contributed by atoms with van der Waals surface area (Å²) in [6, 6.07) is 13.4. The molecule has 0 aliphatic heterocycles. The van der Waals surface area contributed by atoms with Crippen LogP contribution in [-0.4, -0.2) is 19.7 Å². The third-order valence-electron chi connectivity index (χ3n) is 2.93. The highest BCUT2D eigenvalue weighted by molar-refractivity contribution is 6.30. The van der Waals surface area contributed by atoms with E-state index in [2.05, 4.69) is 10.1 Å². The summed E-state index contributed by atoms with van der Waals surface area (Å²) in [5.41, 5.74) is 1.41. The molecule has 3 aromatic rings. The SMILES string of the molecule is O=[N+]([O-])c1cccc(-c2ncnn2-c2ccc(Cl)cc2)c1. The molecule has 7 heteroatoms. The Morgan fingerprint density at radius 3 is 2.62 bits per heavy atom. The molecule has 0 spiro atoms. The van der Waals surface area contributed by atoms with E-state index in [0.717, 1.165) is 5.69 Å². The molecule has 1 aromatic heterocycles. The van der Waals surface area contributed by atoms with Crippen molar-refractivity contribution in [2.24, 2.45) is 0 Å². The van der Waals surface area contributed by atoms with Crippen molar-refractivity contribution in [1.82, 2.24) is 14.8 Å². The van der Waals surface area contributed by atoms with Crippen LogP contribution in [0.15, 0.2) is 54.9 Å². The van der Waals surface area contributed by atoms with Crippen molar-refractivity contribution in [2.75, 3.05) is 0 Å². The average Bonchev–Trinajstić information content (AvgIpc) is 2.97. The van der Waals surface area contributed by atoms with Gasteiger partial charge in [-0.2, -0.15) is 5.10 Å². The van der Waals surface area contributed by atoms with Crippen molar-refractivity contribution in [3.63, 3.8) is 0 Å². The minimum absolute atomic E-state index is 0.0122. The van der Waals surface area contributed by atoms with Gasteiger partial charge >= 0.3 is 0 Å². The fourth-order valence-electron chi connectivity index (χ4n) is 1.97. The van der Waals surface area contributed by atoms with Crippen molar-refractivity contribution >= 4 is 17.3 Å². The van der Waals surface area contributed by atoms with Crippen LogP contribution in [-0.2, 0) is 0 Å².